The van der Waals surface area contributed by atoms with Gasteiger partial charge >= 0.3 is 0 Å². The van der Waals surface area contributed by atoms with E-state index in [0.29, 0.717) is 21.2 Å². The second-order valence-corrected chi connectivity index (χ2v) is 9.11. The second-order valence-electron chi connectivity index (χ2n) is 6.75. The molecular weight excluding hydrogens is 466 g/mol. The summed E-state index contributed by atoms with van der Waals surface area (Å²) >= 11 is 10.9. The molecule has 0 fully saturated rings. The molecule has 0 unspecified atom stereocenters. The minimum Gasteiger partial charge on any atom is -0.378 e. The first-order chi connectivity index (χ1) is 13.9. The number of thioether (sulfide) groups is 1. The second kappa shape index (κ2) is 10.1. The molecule has 148 valence electrons. The highest BCUT2D eigenvalue weighted by Crippen LogP contribution is 2.28. The molecule has 0 spiro atoms. The van der Waals surface area contributed by atoms with E-state index in [0.717, 1.165) is 21.3 Å². The number of hydrogen-bond donors (Lipinski definition) is 0. The highest BCUT2D eigenvalue weighted by Gasteiger charge is 2.14. The Kier molecular flexibility index (Phi) is 7.59. The van der Waals surface area contributed by atoms with Gasteiger partial charge in [-0.25, -0.2) is 0 Å². The van der Waals surface area contributed by atoms with Gasteiger partial charge in [0.05, 0.1) is 4.91 Å². The van der Waals surface area contributed by atoms with Crippen LogP contribution in [0.3, 0.4) is 0 Å². The number of ketones is 1. The van der Waals surface area contributed by atoms with Crippen LogP contribution in [0.5, 0.6) is 0 Å². The van der Waals surface area contributed by atoms with E-state index in [9.17, 15) is 4.79 Å². The number of carbonyl (C=O) groups excluding carboxylic acids is 1. The Morgan fingerprint density at radius 3 is 2.17 bits per heavy atom. The lowest BCUT2D eigenvalue weighted by Crippen LogP contribution is -2.08. The third-order valence-corrected chi connectivity index (χ3v) is 6.22. The van der Waals surface area contributed by atoms with Crippen molar-refractivity contribution in [1.82, 2.24) is 0 Å². The molecule has 0 heterocycles. The fraction of sp³-hybridized carbons (Fsp3) is 0.125. The molecular formula is C24H21BrClNOS. The fourth-order valence-electron chi connectivity index (χ4n) is 2.68. The highest BCUT2D eigenvalue weighted by atomic mass is 79.9. The monoisotopic (exact) mass is 485 g/mol. The first-order valence-electron chi connectivity index (χ1n) is 9.09. The topological polar surface area (TPSA) is 20.3 Å². The predicted molar refractivity (Wildman–Crippen MR) is 130 cm³/mol. The Morgan fingerprint density at radius 1 is 0.966 bits per heavy atom. The third kappa shape index (κ3) is 6.23. The van der Waals surface area contributed by atoms with Gasteiger partial charge in [-0.3, -0.25) is 4.79 Å². The van der Waals surface area contributed by atoms with E-state index < -0.39 is 0 Å². The first kappa shape index (κ1) is 21.7. The Bertz CT molecular complexity index is 997. The van der Waals surface area contributed by atoms with Crippen molar-refractivity contribution in [3.63, 3.8) is 0 Å². The lowest BCUT2D eigenvalue weighted by Gasteiger charge is -2.12. The van der Waals surface area contributed by atoms with Crippen molar-refractivity contribution >= 4 is 56.8 Å². The van der Waals surface area contributed by atoms with Crippen LogP contribution in [0.15, 0.2) is 82.2 Å². The molecule has 0 N–H and O–H groups in total. The van der Waals surface area contributed by atoms with E-state index in [2.05, 4.69) is 33.0 Å². The van der Waals surface area contributed by atoms with E-state index in [-0.39, 0.29) is 5.78 Å². The lowest BCUT2D eigenvalue weighted by atomic mass is 10.1. The van der Waals surface area contributed by atoms with Gasteiger partial charge < -0.3 is 4.90 Å². The van der Waals surface area contributed by atoms with Crippen LogP contribution < -0.4 is 4.90 Å². The zero-order valence-corrected chi connectivity index (χ0v) is 19.4. The molecule has 5 heteroatoms. The molecule has 29 heavy (non-hydrogen) atoms. The van der Waals surface area contributed by atoms with Crippen LogP contribution >= 0.6 is 39.3 Å². The Hall–Kier alpha value is -2.01. The highest BCUT2D eigenvalue weighted by molar-refractivity contribution is 9.10. The van der Waals surface area contributed by atoms with E-state index in [1.165, 1.54) is 11.8 Å². The summed E-state index contributed by atoms with van der Waals surface area (Å²) in [5.74, 6) is 0.717. The largest absolute Gasteiger partial charge is 0.378 e. The number of allylic oxidation sites excluding steroid dienone is 1. The summed E-state index contributed by atoms with van der Waals surface area (Å²) in [5.41, 5.74) is 3.92. The van der Waals surface area contributed by atoms with Gasteiger partial charge in [-0.15, -0.1) is 11.8 Å². The zero-order chi connectivity index (χ0) is 20.8. The zero-order valence-electron chi connectivity index (χ0n) is 16.2. The van der Waals surface area contributed by atoms with Crippen LogP contribution in [0.25, 0.3) is 6.08 Å². The van der Waals surface area contributed by atoms with Crippen molar-refractivity contribution in [2.45, 2.75) is 5.75 Å². The Labute approximate surface area is 189 Å². The average Bonchev–Trinajstić information content (AvgIpc) is 2.72. The molecule has 0 aliphatic carbocycles. The van der Waals surface area contributed by atoms with Crippen LogP contribution in [0.2, 0.25) is 5.02 Å². The predicted octanol–water partition coefficient (Wildman–Crippen LogP) is 7.33. The summed E-state index contributed by atoms with van der Waals surface area (Å²) < 4.78 is 0.952. The maximum atomic E-state index is 13.2. The molecule has 3 aromatic carbocycles. The van der Waals surface area contributed by atoms with Gasteiger partial charge in [0, 0.05) is 40.6 Å². The molecule has 0 amide bonds. The average molecular weight is 487 g/mol. The van der Waals surface area contributed by atoms with Crippen LogP contribution in [0.1, 0.15) is 21.5 Å². The number of halogens is 2. The summed E-state index contributed by atoms with van der Waals surface area (Å²) in [7, 11) is 4.02. The number of benzene rings is 3. The Balaban J connectivity index is 1.88. The van der Waals surface area contributed by atoms with Crippen LogP contribution in [-0.2, 0) is 5.75 Å². The van der Waals surface area contributed by atoms with Gasteiger partial charge in [-0.1, -0.05) is 51.8 Å². The number of nitrogens with zero attached hydrogens (tertiary/aromatic N) is 1. The molecule has 0 bridgehead atoms. The van der Waals surface area contributed by atoms with Crippen molar-refractivity contribution < 1.29 is 4.79 Å². The van der Waals surface area contributed by atoms with Crippen molar-refractivity contribution in [1.29, 1.82) is 0 Å². The smallest absolute Gasteiger partial charge is 0.199 e. The summed E-state index contributed by atoms with van der Waals surface area (Å²) in [6, 6.07) is 23.4. The lowest BCUT2D eigenvalue weighted by molar-refractivity contribution is 0.104. The number of Topliss-reactive ketones (excluding diaryl/α,β-unsaturated/α-hetero) is 1. The molecule has 0 aliphatic heterocycles. The molecule has 0 aromatic heterocycles. The number of anilines is 1. The standard InChI is InChI=1S/C24H21BrClNOS/c1-27(2)22-13-5-17(6-14-22)15-23(24(28)19-7-9-20(25)10-8-19)29-16-18-3-11-21(26)12-4-18/h3-15H,16H2,1-2H3/b23-15+. The normalized spacial score (nSPS) is 11.4. The summed E-state index contributed by atoms with van der Waals surface area (Å²) in [6.45, 7) is 0. The van der Waals surface area contributed by atoms with Crippen LogP contribution in [0.4, 0.5) is 5.69 Å². The fourth-order valence-corrected chi connectivity index (χ4v) is 4.05. The minimum absolute atomic E-state index is 0.0214. The molecule has 3 aromatic rings. The molecule has 2 nitrogen and oxygen atoms in total. The van der Waals surface area contributed by atoms with Gasteiger partial charge in [0.2, 0.25) is 0 Å². The molecule has 0 aliphatic rings. The summed E-state index contributed by atoms with van der Waals surface area (Å²) in [4.78, 5) is 15.9. The van der Waals surface area contributed by atoms with E-state index >= 15 is 0 Å². The summed E-state index contributed by atoms with van der Waals surface area (Å²) in [6.07, 6.45) is 1.96. The van der Waals surface area contributed by atoms with Gasteiger partial charge in [-0.05, 0) is 65.7 Å². The van der Waals surface area contributed by atoms with Gasteiger partial charge in [0.25, 0.3) is 0 Å². The summed E-state index contributed by atoms with van der Waals surface area (Å²) in [5, 5.41) is 0.710. The number of hydrogen-bond acceptors (Lipinski definition) is 3. The van der Waals surface area contributed by atoms with Crippen LogP contribution in [0, 0.1) is 0 Å². The van der Waals surface area contributed by atoms with E-state index in [1.807, 2.05) is 80.8 Å². The maximum absolute atomic E-state index is 13.2. The molecule has 0 saturated carbocycles. The minimum atomic E-state index is 0.0214. The SMILES string of the molecule is CN(C)c1ccc(/C=C(/SCc2ccc(Cl)cc2)C(=O)c2ccc(Br)cc2)cc1. The van der Waals surface area contributed by atoms with Crippen molar-refractivity contribution in [3.8, 4) is 0 Å². The Morgan fingerprint density at radius 2 is 1.59 bits per heavy atom. The van der Waals surface area contributed by atoms with E-state index in [1.54, 1.807) is 0 Å². The maximum Gasteiger partial charge on any atom is 0.199 e. The van der Waals surface area contributed by atoms with Crippen molar-refractivity contribution in [3.05, 3.63) is 104 Å². The quantitative estimate of drug-likeness (QED) is 0.258. The van der Waals surface area contributed by atoms with Gasteiger partial charge in [-0.2, -0.15) is 0 Å². The number of carbonyl (C=O) groups is 1. The van der Waals surface area contributed by atoms with Gasteiger partial charge in [0.1, 0.15) is 0 Å². The first-order valence-corrected chi connectivity index (χ1v) is 11.2. The molecule has 0 saturated heterocycles. The third-order valence-electron chi connectivity index (χ3n) is 4.35. The van der Waals surface area contributed by atoms with E-state index in [4.69, 9.17) is 11.6 Å². The molecule has 0 radical (unpaired) electrons. The number of rotatable bonds is 7. The van der Waals surface area contributed by atoms with Gasteiger partial charge in [0.15, 0.2) is 5.78 Å². The molecule has 3 rings (SSSR count). The molecule has 0 atom stereocenters. The van der Waals surface area contributed by atoms with Crippen molar-refractivity contribution in [2.24, 2.45) is 0 Å². The van der Waals surface area contributed by atoms with Crippen LogP contribution in [-0.4, -0.2) is 19.9 Å². The van der Waals surface area contributed by atoms with Crippen molar-refractivity contribution in [2.75, 3.05) is 19.0 Å².